The number of benzene rings is 2. The van der Waals surface area contributed by atoms with Gasteiger partial charge in [0.1, 0.15) is 11.8 Å². The van der Waals surface area contributed by atoms with Gasteiger partial charge in [0.05, 0.1) is 37.2 Å². The molecule has 194 valence electrons. The Bertz CT molecular complexity index is 1400. The van der Waals surface area contributed by atoms with E-state index in [9.17, 15) is 18.0 Å². The second-order valence-electron chi connectivity index (χ2n) is 8.77. The zero-order valence-electron chi connectivity index (χ0n) is 20.3. The van der Waals surface area contributed by atoms with Gasteiger partial charge < -0.3 is 24.1 Å². The van der Waals surface area contributed by atoms with Crippen LogP contribution in [0.15, 0.2) is 70.2 Å². The number of hydrogen-bond acceptors (Lipinski definition) is 7. The van der Waals surface area contributed by atoms with Crippen LogP contribution in [0.5, 0.6) is 5.75 Å². The molecule has 5 rings (SSSR count). The van der Waals surface area contributed by atoms with E-state index in [-0.39, 0.29) is 36.0 Å². The Labute approximate surface area is 214 Å². The van der Waals surface area contributed by atoms with E-state index >= 15 is 0 Å². The van der Waals surface area contributed by atoms with Crippen molar-refractivity contribution in [3.8, 4) is 5.75 Å². The first-order valence-electron chi connectivity index (χ1n) is 11.9. The summed E-state index contributed by atoms with van der Waals surface area (Å²) in [7, 11) is -2.36. The van der Waals surface area contributed by atoms with E-state index in [2.05, 4.69) is 5.32 Å². The summed E-state index contributed by atoms with van der Waals surface area (Å²) in [5.74, 6) is -0.438. The number of ether oxygens (including phenoxy) is 2. The fourth-order valence-corrected chi connectivity index (χ4v) is 6.04. The minimum Gasteiger partial charge on any atom is -0.495 e. The molecule has 1 saturated heterocycles. The molecule has 0 bridgehead atoms. The molecule has 0 radical (unpaired) electrons. The molecule has 37 heavy (non-hydrogen) atoms. The van der Waals surface area contributed by atoms with E-state index in [4.69, 9.17) is 13.9 Å². The van der Waals surface area contributed by atoms with Gasteiger partial charge in [-0.1, -0.05) is 24.3 Å². The number of rotatable bonds is 6. The third-order valence-corrected chi connectivity index (χ3v) is 8.48. The van der Waals surface area contributed by atoms with Crippen LogP contribution in [0.3, 0.4) is 0 Å². The lowest BCUT2D eigenvalue weighted by Gasteiger charge is -2.35. The lowest BCUT2D eigenvalue weighted by molar-refractivity contribution is -0.121. The van der Waals surface area contributed by atoms with Crippen molar-refractivity contribution in [2.24, 2.45) is 0 Å². The summed E-state index contributed by atoms with van der Waals surface area (Å²) >= 11 is 0. The Balaban J connectivity index is 1.45. The van der Waals surface area contributed by atoms with Crippen molar-refractivity contribution < 1.29 is 31.9 Å². The summed E-state index contributed by atoms with van der Waals surface area (Å²) in [4.78, 5) is 28.4. The predicted octanol–water partition coefficient (Wildman–Crippen LogP) is 2.51. The summed E-state index contributed by atoms with van der Waals surface area (Å²) in [6, 6.07) is 14.3. The van der Waals surface area contributed by atoms with Gasteiger partial charge in [-0.15, -0.1) is 0 Å². The van der Waals surface area contributed by atoms with E-state index in [1.54, 1.807) is 12.1 Å². The largest absolute Gasteiger partial charge is 0.495 e. The lowest BCUT2D eigenvalue weighted by atomic mass is 9.93. The molecule has 1 aromatic heterocycles. The summed E-state index contributed by atoms with van der Waals surface area (Å²) in [5.41, 5.74) is 2.11. The molecule has 11 heteroatoms. The maximum Gasteiger partial charge on any atom is 0.290 e. The number of furan rings is 1. The highest BCUT2D eigenvalue weighted by Gasteiger charge is 2.36. The van der Waals surface area contributed by atoms with Crippen molar-refractivity contribution in [1.82, 2.24) is 9.21 Å². The van der Waals surface area contributed by atoms with Crippen molar-refractivity contribution in [3.63, 3.8) is 0 Å². The first kappa shape index (κ1) is 25.0. The fourth-order valence-electron chi connectivity index (χ4n) is 4.61. The average molecular weight is 526 g/mol. The first-order valence-corrected chi connectivity index (χ1v) is 13.3. The topological polar surface area (TPSA) is 118 Å². The number of anilines is 1. The third kappa shape index (κ3) is 4.97. The summed E-state index contributed by atoms with van der Waals surface area (Å²) < 4.78 is 43.7. The van der Waals surface area contributed by atoms with Crippen molar-refractivity contribution in [2.45, 2.75) is 23.9 Å². The highest BCUT2D eigenvalue weighted by molar-refractivity contribution is 7.89. The van der Waals surface area contributed by atoms with E-state index in [1.165, 1.54) is 40.8 Å². The second-order valence-corrected chi connectivity index (χ2v) is 10.7. The van der Waals surface area contributed by atoms with Crippen LogP contribution in [0.4, 0.5) is 5.69 Å². The molecule has 0 spiro atoms. The van der Waals surface area contributed by atoms with Gasteiger partial charge in [0.15, 0.2) is 5.76 Å². The molecular weight excluding hydrogens is 498 g/mol. The molecule has 1 N–H and O–H groups in total. The maximum atomic E-state index is 13.6. The number of sulfonamides is 1. The van der Waals surface area contributed by atoms with E-state index < -0.39 is 27.9 Å². The molecular formula is C26H27N3O7S. The molecule has 2 aliphatic rings. The monoisotopic (exact) mass is 525 g/mol. The smallest absolute Gasteiger partial charge is 0.290 e. The quantitative estimate of drug-likeness (QED) is 0.525. The van der Waals surface area contributed by atoms with Crippen LogP contribution in [0.25, 0.3) is 0 Å². The molecule has 1 fully saturated rings. The molecule has 2 aromatic carbocycles. The molecule has 2 amide bonds. The van der Waals surface area contributed by atoms with Gasteiger partial charge in [0.25, 0.3) is 5.91 Å². The molecule has 3 aromatic rings. The average Bonchev–Trinajstić information content (AvgIpc) is 3.47. The molecule has 1 atom stereocenters. The SMILES string of the molecule is COc1ccc(S(=O)(=O)N2CCOCC2)cc1NC(=O)C1Cc2ccccc2CN1C(=O)c1ccco1. The van der Waals surface area contributed by atoms with E-state index in [0.717, 1.165) is 11.1 Å². The molecule has 2 aliphatic heterocycles. The fraction of sp³-hybridized carbons (Fsp3) is 0.308. The summed E-state index contributed by atoms with van der Waals surface area (Å²) in [5, 5.41) is 2.81. The van der Waals surface area contributed by atoms with Crippen LogP contribution in [0.2, 0.25) is 0 Å². The highest BCUT2D eigenvalue weighted by Crippen LogP contribution is 2.31. The Morgan fingerprint density at radius 1 is 1.03 bits per heavy atom. The predicted molar refractivity (Wildman–Crippen MR) is 134 cm³/mol. The van der Waals surface area contributed by atoms with Crippen LogP contribution in [0, 0.1) is 0 Å². The van der Waals surface area contributed by atoms with Gasteiger partial charge in [0.2, 0.25) is 15.9 Å². The number of nitrogens with one attached hydrogen (secondary N) is 1. The van der Waals surface area contributed by atoms with Gasteiger partial charge in [-0.05, 0) is 41.5 Å². The van der Waals surface area contributed by atoms with Crippen molar-refractivity contribution >= 4 is 27.5 Å². The van der Waals surface area contributed by atoms with Crippen molar-refractivity contribution in [2.75, 3.05) is 38.7 Å². The van der Waals surface area contributed by atoms with Crippen LogP contribution in [-0.4, -0.2) is 68.9 Å². The normalized spacial score (nSPS) is 18.2. The highest BCUT2D eigenvalue weighted by atomic mass is 32.2. The van der Waals surface area contributed by atoms with E-state index in [1.807, 2.05) is 24.3 Å². The van der Waals surface area contributed by atoms with Crippen molar-refractivity contribution in [1.29, 1.82) is 0 Å². The molecule has 0 aliphatic carbocycles. The number of hydrogen-bond donors (Lipinski definition) is 1. The zero-order valence-corrected chi connectivity index (χ0v) is 21.1. The minimum atomic E-state index is -3.79. The maximum absolute atomic E-state index is 13.6. The van der Waals surface area contributed by atoms with Gasteiger partial charge in [-0.2, -0.15) is 4.31 Å². The number of carbonyl (C=O) groups is 2. The number of amides is 2. The van der Waals surface area contributed by atoms with E-state index in [0.29, 0.717) is 25.4 Å². The van der Waals surface area contributed by atoms with Gasteiger partial charge in [-0.3, -0.25) is 9.59 Å². The van der Waals surface area contributed by atoms with Gasteiger partial charge >= 0.3 is 0 Å². The number of fused-ring (bicyclic) bond motifs is 1. The van der Waals surface area contributed by atoms with Crippen LogP contribution >= 0.6 is 0 Å². The number of methoxy groups -OCH3 is 1. The standard InChI is InChI=1S/C26H27N3O7S/c1-34-23-9-8-20(37(32,33)28-10-13-35-14-11-28)16-21(23)27-25(30)22-15-18-5-2-3-6-19(18)17-29(22)26(31)24-7-4-12-36-24/h2-9,12,16,22H,10-11,13-15,17H2,1H3,(H,27,30). The Morgan fingerprint density at radius 3 is 2.49 bits per heavy atom. The lowest BCUT2D eigenvalue weighted by Crippen LogP contribution is -2.50. The third-order valence-electron chi connectivity index (χ3n) is 6.58. The van der Waals surface area contributed by atoms with Crippen molar-refractivity contribution in [3.05, 3.63) is 77.7 Å². The van der Waals surface area contributed by atoms with Crippen LogP contribution in [0.1, 0.15) is 21.7 Å². The Morgan fingerprint density at radius 2 is 1.78 bits per heavy atom. The zero-order chi connectivity index (χ0) is 26.0. The van der Waals surface area contributed by atoms with Gasteiger partial charge in [0, 0.05) is 26.1 Å². The van der Waals surface area contributed by atoms with Gasteiger partial charge in [-0.25, -0.2) is 8.42 Å². The molecule has 3 heterocycles. The summed E-state index contributed by atoms with van der Waals surface area (Å²) in [6.45, 7) is 1.38. The van der Waals surface area contributed by atoms with Crippen LogP contribution in [-0.2, 0) is 32.5 Å². The Kier molecular flexibility index (Phi) is 7.00. The molecule has 0 saturated carbocycles. The number of morpholine rings is 1. The second kappa shape index (κ2) is 10.4. The summed E-state index contributed by atoms with van der Waals surface area (Å²) in [6.07, 6.45) is 1.70. The number of nitrogens with zero attached hydrogens (tertiary/aromatic N) is 2. The number of carbonyl (C=O) groups excluding carboxylic acids is 2. The Hall–Kier alpha value is -3.67. The molecule has 10 nitrogen and oxygen atoms in total. The molecule has 1 unspecified atom stereocenters. The first-order chi connectivity index (χ1) is 17.9. The van der Waals surface area contributed by atoms with Crippen LogP contribution < -0.4 is 10.1 Å². The minimum absolute atomic E-state index is 0.0306.